The van der Waals surface area contributed by atoms with E-state index >= 15 is 0 Å². The Hall–Kier alpha value is -1.51. The zero-order valence-corrected chi connectivity index (χ0v) is 9.01. The summed E-state index contributed by atoms with van der Waals surface area (Å²) in [5.41, 5.74) is 1.13. The topological polar surface area (TPSA) is 12.4 Å². The fourth-order valence-corrected chi connectivity index (χ4v) is 1.33. The Labute approximate surface area is 88.2 Å². The summed E-state index contributed by atoms with van der Waals surface area (Å²) in [6.07, 6.45) is 1.59. The summed E-state index contributed by atoms with van der Waals surface area (Å²) in [4.78, 5) is 4.00. The van der Waals surface area contributed by atoms with E-state index in [1.807, 2.05) is 0 Å². The predicted octanol–water partition coefficient (Wildman–Crippen LogP) is 3.81. The molecule has 0 saturated carbocycles. The van der Waals surface area contributed by atoms with Crippen molar-refractivity contribution in [2.75, 3.05) is 0 Å². The van der Waals surface area contributed by atoms with Crippen LogP contribution in [0.3, 0.4) is 0 Å². The minimum absolute atomic E-state index is 0.000556. The van der Waals surface area contributed by atoms with Crippen molar-refractivity contribution in [1.29, 1.82) is 0 Å². The quantitative estimate of drug-likeness (QED) is 0.657. The van der Waals surface area contributed by atoms with Crippen molar-refractivity contribution in [3.05, 3.63) is 41.1 Å². The van der Waals surface area contributed by atoms with Gasteiger partial charge in [-0.15, -0.1) is 0 Å². The summed E-state index contributed by atoms with van der Waals surface area (Å²) in [7, 11) is 0. The van der Waals surface area contributed by atoms with Gasteiger partial charge in [-0.1, -0.05) is 6.07 Å². The van der Waals surface area contributed by atoms with Crippen LogP contribution in [-0.2, 0) is 0 Å². The molecule has 0 radical (unpaired) electrons. The van der Waals surface area contributed by atoms with Gasteiger partial charge in [0.25, 0.3) is 0 Å². The molecule has 1 aromatic rings. The third-order valence-corrected chi connectivity index (χ3v) is 2.20. The van der Waals surface area contributed by atoms with Gasteiger partial charge in [-0.2, -0.15) is 0 Å². The monoisotopic (exact) mass is 209 g/mol. The number of halogens is 2. The van der Waals surface area contributed by atoms with Crippen LogP contribution >= 0.6 is 0 Å². The number of hydrogen-bond donors (Lipinski definition) is 0. The molecule has 0 unspecified atom stereocenters. The summed E-state index contributed by atoms with van der Waals surface area (Å²) in [5, 5.41) is 0. The Morgan fingerprint density at radius 2 is 1.73 bits per heavy atom. The molecule has 0 fully saturated rings. The van der Waals surface area contributed by atoms with Crippen LogP contribution in [0.2, 0.25) is 0 Å². The lowest BCUT2D eigenvalue weighted by Crippen LogP contribution is -1.94. The highest BCUT2D eigenvalue weighted by molar-refractivity contribution is 5.69. The second-order valence-corrected chi connectivity index (χ2v) is 3.19. The molecule has 0 saturated heterocycles. The zero-order chi connectivity index (χ0) is 11.4. The van der Waals surface area contributed by atoms with Crippen LogP contribution in [0.15, 0.2) is 28.9 Å². The summed E-state index contributed by atoms with van der Waals surface area (Å²) in [6.45, 7) is 5.14. The van der Waals surface area contributed by atoms with Crippen molar-refractivity contribution in [1.82, 2.24) is 0 Å². The number of rotatable bonds is 2. The van der Waals surface area contributed by atoms with Gasteiger partial charge < -0.3 is 0 Å². The second-order valence-electron chi connectivity index (χ2n) is 3.19. The molecule has 0 N–H and O–H groups in total. The summed E-state index contributed by atoms with van der Waals surface area (Å²) >= 11 is 0. The second kappa shape index (κ2) is 4.82. The first-order valence-electron chi connectivity index (χ1n) is 4.68. The summed E-state index contributed by atoms with van der Waals surface area (Å²) < 4.78 is 26.8. The highest BCUT2D eigenvalue weighted by Gasteiger charge is 2.11. The van der Waals surface area contributed by atoms with Gasteiger partial charge in [-0.25, -0.2) is 8.78 Å². The van der Waals surface area contributed by atoms with Gasteiger partial charge >= 0.3 is 0 Å². The first-order valence-corrected chi connectivity index (χ1v) is 4.68. The third-order valence-electron chi connectivity index (χ3n) is 2.20. The molecule has 0 aliphatic heterocycles. The Morgan fingerprint density at radius 1 is 1.20 bits per heavy atom. The molecule has 0 aliphatic rings. The molecule has 15 heavy (non-hydrogen) atoms. The first-order chi connectivity index (χ1) is 7.07. The van der Waals surface area contributed by atoms with Crippen molar-refractivity contribution in [3.8, 4) is 0 Å². The Morgan fingerprint density at radius 3 is 2.20 bits per heavy atom. The highest BCUT2D eigenvalue weighted by Crippen LogP contribution is 2.24. The Bertz CT molecular complexity index is 399. The van der Waals surface area contributed by atoms with Crippen LogP contribution in [0.25, 0.3) is 5.57 Å². The molecule has 3 heteroatoms. The molecular weight excluding hydrogens is 196 g/mol. The van der Waals surface area contributed by atoms with Crippen LogP contribution in [-0.4, -0.2) is 6.21 Å². The minimum atomic E-state index is -0.557. The van der Waals surface area contributed by atoms with Crippen molar-refractivity contribution in [2.24, 2.45) is 4.99 Å². The fourth-order valence-electron chi connectivity index (χ4n) is 1.33. The Kier molecular flexibility index (Phi) is 3.72. The maximum atomic E-state index is 13.4. The number of benzene rings is 1. The van der Waals surface area contributed by atoms with E-state index in [0.29, 0.717) is 11.3 Å². The fraction of sp³-hybridized carbons (Fsp3) is 0.250. The van der Waals surface area contributed by atoms with Crippen LogP contribution in [0, 0.1) is 11.6 Å². The van der Waals surface area contributed by atoms with E-state index in [1.54, 1.807) is 27.0 Å². The summed E-state index contributed by atoms with van der Waals surface area (Å²) in [6, 6.07) is 3.83. The van der Waals surface area contributed by atoms with Crippen molar-refractivity contribution in [3.63, 3.8) is 0 Å². The lowest BCUT2D eigenvalue weighted by atomic mass is 10.0. The maximum Gasteiger partial charge on any atom is 0.133 e. The van der Waals surface area contributed by atoms with Crippen molar-refractivity contribution in [2.45, 2.75) is 20.8 Å². The normalized spacial score (nSPS) is 13.1. The van der Waals surface area contributed by atoms with E-state index in [-0.39, 0.29) is 5.56 Å². The number of aliphatic imine (C=N–C) groups is 1. The van der Waals surface area contributed by atoms with Gasteiger partial charge in [0.15, 0.2) is 0 Å². The van der Waals surface area contributed by atoms with E-state index in [4.69, 9.17) is 0 Å². The van der Waals surface area contributed by atoms with E-state index in [9.17, 15) is 8.78 Å². The molecule has 1 nitrogen and oxygen atoms in total. The van der Waals surface area contributed by atoms with Crippen LogP contribution < -0.4 is 0 Å². The van der Waals surface area contributed by atoms with E-state index in [0.717, 1.165) is 0 Å². The lowest BCUT2D eigenvalue weighted by Gasteiger charge is -2.06. The summed E-state index contributed by atoms with van der Waals surface area (Å²) in [5.74, 6) is -1.11. The van der Waals surface area contributed by atoms with Crippen LogP contribution in [0.5, 0.6) is 0 Å². The molecule has 0 atom stereocenters. The maximum absolute atomic E-state index is 13.4. The first kappa shape index (κ1) is 11.6. The third kappa shape index (κ3) is 2.49. The van der Waals surface area contributed by atoms with E-state index in [2.05, 4.69) is 4.99 Å². The van der Waals surface area contributed by atoms with Crippen LogP contribution in [0.4, 0.5) is 8.78 Å². The molecule has 1 aromatic carbocycles. The molecule has 1 rings (SSSR count). The van der Waals surface area contributed by atoms with Gasteiger partial charge in [0, 0.05) is 11.9 Å². The number of nitrogens with zero attached hydrogens (tertiary/aromatic N) is 1. The molecular formula is C12H13F2N. The lowest BCUT2D eigenvalue weighted by molar-refractivity contribution is 0.576. The molecule has 0 heterocycles. The van der Waals surface area contributed by atoms with Gasteiger partial charge in [0.05, 0.1) is 5.56 Å². The molecule has 0 aliphatic carbocycles. The smallest absolute Gasteiger partial charge is 0.133 e. The highest BCUT2D eigenvalue weighted by atomic mass is 19.1. The van der Waals surface area contributed by atoms with E-state index < -0.39 is 11.6 Å². The van der Waals surface area contributed by atoms with Gasteiger partial charge in [0.2, 0.25) is 0 Å². The predicted molar refractivity (Wildman–Crippen MR) is 58.8 cm³/mol. The number of hydrogen-bond acceptors (Lipinski definition) is 1. The van der Waals surface area contributed by atoms with Crippen LogP contribution in [0.1, 0.15) is 26.3 Å². The minimum Gasteiger partial charge on any atom is -0.266 e. The average Bonchev–Trinajstić information content (AvgIpc) is 2.17. The standard InChI is InChI=1S/C12H13F2N/c1-4-15-9(3)8(2)12-10(13)6-5-7-11(12)14/h4-7H,1-3H3/b9-8+,15-4?. The molecule has 80 valence electrons. The zero-order valence-electron chi connectivity index (χ0n) is 9.01. The Balaban J connectivity index is 3.33. The molecule has 0 amide bonds. The molecule has 0 aromatic heterocycles. The van der Waals surface area contributed by atoms with Crippen molar-refractivity contribution >= 4 is 11.8 Å². The van der Waals surface area contributed by atoms with Gasteiger partial charge in [-0.05, 0) is 38.5 Å². The number of allylic oxidation sites excluding steroid dienone is 2. The SMILES string of the molecule is CC=N/C(C)=C(\C)c1c(F)cccc1F. The van der Waals surface area contributed by atoms with Crippen molar-refractivity contribution < 1.29 is 8.78 Å². The van der Waals surface area contributed by atoms with Gasteiger partial charge in [-0.3, -0.25) is 4.99 Å². The molecule has 0 bridgehead atoms. The molecule has 0 spiro atoms. The average molecular weight is 209 g/mol. The van der Waals surface area contributed by atoms with E-state index in [1.165, 1.54) is 18.2 Å². The largest absolute Gasteiger partial charge is 0.266 e. The van der Waals surface area contributed by atoms with Gasteiger partial charge in [0.1, 0.15) is 11.6 Å².